The number of esters is 1. The van der Waals surface area contributed by atoms with Crippen molar-refractivity contribution in [3.63, 3.8) is 0 Å². The number of nitrogens with one attached hydrogen (secondary N) is 2. The zero-order valence-corrected chi connectivity index (χ0v) is 28.2. The first-order valence-corrected chi connectivity index (χ1v) is 17.1. The van der Waals surface area contributed by atoms with Gasteiger partial charge in [0.05, 0.1) is 18.0 Å². The lowest BCUT2D eigenvalue weighted by atomic mass is 9.84. The Morgan fingerprint density at radius 3 is 1.96 bits per heavy atom. The van der Waals surface area contributed by atoms with E-state index < -0.39 is 46.0 Å². The van der Waals surface area contributed by atoms with Crippen LogP contribution in [0, 0.1) is 5.92 Å². The zero-order valence-electron chi connectivity index (χ0n) is 27.4. The molecule has 254 valence electrons. The number of benzene rings is 3. The minimum absolute atomic E-state index is 0.000841. The number of carbonyl (C=O) groups is 3. The summed E-state index contributed by atoms with van der Waals surface area (Å²) in [4.78, 5) is 37.9. The largest absolute Gasteiger partial charge is 0.464 e. The smallest absolute Gasteiger partial charge is 0.407 e. The van der Waals surface area contributed by atoms with Crippen molar-refractivity contribution in [3.8, 4) is 0 Å². The van der Waals surface area contributed by atoms with Gasteiger partial charge in [-0.1, -0.05) is 74.5 Å². The van der Waals surface area contributed by atoms with Gasteiger partial charge in [-0.15, -0.1) is 0 Å². The number of sulfonamides is 1. The number of anilines is 1. The van der Waals surface area contributed by atoms with Crippen LogP contribution in [0.3, 0.4) is 0 Å². The van der Waals surface area contributed by atoms with E-state index in [4.69, 9.17) is 15.2 Å². The number of hydrogen-bond donors (Lipinski definition) is 3. The average molecular weight is 667 g/mol. The SMILES string of the molecule is COC(=O)N[C@H](C(=O)NCCCC[C@@H](COC(C)=O)N(CC(C)C)S(=O)(=O)c1ccc(N)cc1)C(c1ccccc1)c1ccccc1. The van der Waals surface area contributed by atoms with Gasteiger partial charge in [0.1, 0.15) is 12.6 Å². The Bertz CT molecular complexity index is 1500. The zero-order chi connectivity index (χ0) is 34.4. The van der Waals surface area contributed by atoms with Crippen molar-refractivity contribution in [3.05, 3.63) is 96.1 Å². The van der Waals surface area contributed by atoms with Crippen LogP contribution in [0.5, 0.6) is 0 Å². The van der Waals surface area contributed by atoms with E-state index in [1.54, 1.807) is 0 Å². The summed E-state index contributed by atoms with van der Waals surface area (Å²) in [5, 5.41) is 5.66. The first kappa shape index (κ1) is 37.0. The summed E-state index contributed by atoms with van der Waals surface area (Å²) >= 11 is 0. The number of ether oxygens (including phenoxy) is 2. The number of carbonyl (C=O) groups excluding carboxylic acids is 3. The molecule has 0 radical (unpaired) electrons. The number of unbranched alkanes of at least 4 members (excludes halogenated alkanes) is 1. The standard InChI is InChI=1S/C35H46N4O7S/c1-25(2)23-39(47(43,44)31-20-18-29(36)19-21-31)30(24-46-26(3)40)17-11-12-22-37-34(41)33(38-35(42)45-4)32(27-13-7-5-8-14-27)28-15-9-6-10-16-28/h5-10,13-16,18-21,25,30,32-33H,11-12,17,22-24,36H2,1-4H3,(H,37,41)(H,38,42)/t30-,33-/m0/s1. The first-order chi connectivity index (χ1) is 22.4. The quantitative estimate of drug-likeness (QED) is 0.106. The second-order valence-corrected chi connectivity index (χ2v) is 13.6. The van der Waals surface area contributed by atoms with Crippen LogP contribution in [0.2, 0.25) is 0 Å². The van der Waals surface area contributed by atoms with Crippen molar-refractivity contribution in [1.29, 1.82) is 0 Å². The van der Waals surface area contributed by atoms with Crippen LogP contribution in [0.15, 0.2) is 89.8 Å². The lowest BCUT2D eigenvalue weighted by Crippen LogP contribution is -2.50. The summed E-state index contributed by atoms with van der Waals surface area (Å²) in [5.74, 6) is -1.39. The average Bonchev–Trinajstić information content (AvgIpc) is 3.05. The molecule has 3 aromatic rings. The van der Waals surface area contributed by atoms with Gasteiger partial charge in [0.15, 0.2) is 0 Å². The second kappa shape index (κ2) is 18.1. The highest BCUT2D eigenvalue weighted by Gasteiger charge is 2.34. The van der Waals surface area contributed by atoms with Crippen LogP contribution in [0.25, 0.3) is 0 Å². The topological polar surface area (TPSA) is 157 Å². The number of nitrogens with zero attached hydrogens (tertiary/aromatic N) is 1. The Morgan fingerprint density at radius 1 is 0.872 bits per heavy atom. The number of nitrogen functional groups attached to an aromatic ring is 1. The maximum absolute atomic E-state index is 13.8. The second-order valence-electron chi connectivity index (χ2n) is 11.7. The number of rotatable bonds is 17. The van der Waals surface area contributed by atoms with Gasteiger partial charge in [0.25, 0.3) is 0 Å². The van der Waals surface area contributed by atoms with Crippen molar-refractivity contribution in [2.45, 2.75) is 62.9 Å². The highest BCUT2D eigenvalue weighted by Crippen LogP contribution is 2.29. The lowest BCUT2D eigenvalue weighted by molar-refractivity contribution is -0.142. The van der Waals surface area contributed by atoms with Crippen LogP contribution in [0.1, 0.15) is 57.1 Å². The van der Waals surface area contributed by atoms with E-state index in [2.05, 4.69) is 10.6 Å². The van der Waals surface area contributed by atoms with Gasteiger partial charge in [0.2, 0.25) is 15.9 Å². The van der Waals surface area contributed by atoms with E-state index in [9.17, 15) is 22.8 Å². The van der Waals surface area contributed by atoms with Crippen molar-refractivity contribution in [1.82, 2.24) is 14.9 Å². The normalized spacial score (nSPS) is 12.8. The van der Waals surface area contributed by atoms with E-state index in [0.29, 0.717) is 24.9 Å². The predicted octanol–water partition coefficient (Wildman–Crippen LogP) is 4.69. The van der Waals surface area contributed by atoms with Crippen LogP contribution in [0.4, 0.5) is 10.5 Å². The van der Waals surface area contributed by atoms with Gasteiger partial charge in [0, 0.05) is 31.6 Å². The fraction of sp³-hybridized carbons (Fsp3) is 0.400. The molecule has 3 aromatic carbocycles. The molecule has 0 aliphatic rings. The Morgan fingerprint density at radius 2 is 1.45 bits per heavy atom. The predicted molar refractivity (Wildman–Crippen MR) is 181 cm³/mol. The Hall–Kier alpha value is -4.42. The van der Waals surface area contributed by atoms with E-state index in [0.717, 1.165) is 11.1 Å². The highest BCUT2D eigenvalue weighted by molar-refractivity contribution is 7.89. The summed E-state index contributed by atoms with van der Waals surface area (Å²) in [7, 11) is -2.70. The minimum Gasteiger partial charge on any atom is -0.464 e. The molecule has 0 saturated heterocycles. The Labute approximate surface area is 277 Å². The maximum Gasteiger partial charge on any atom is 0.407 e. The summed E-state index contributed by atoms with van der Waals surface area (Å²) in [6, 6.07) is 23.3. The maximum atomic E-state index is 13.8. The van der Waals surface area contributed by atoms with E-state index in [1.165, 1.54) is 42.6 Å². The van der Waals surface area contributed by atoms with Crippen molar-refractivity contribution < 1.29 is 32.3 Å². The van der Waals surface area contributed by atoms with E-state index >= 15 is 0 Å². The minimum atomic E-state index is -3.94. The molecule has 0 bridgehead atoms. The molecular formula is C35H46N4O7S. The molecule has 0 heterocycles. The number of methoxy groups -OCH3 is 1. The third-order valence-corrected chi connectivity index (χ3v) is 9.51. The number of hydrogen-bond acceptors (Lipinski definition) is 8. The van der Waals surface area contributed by atoms with Crippen LogP contribution < -0.4 is 16.4 Å². The van der Waals surface area contributed by atoms with E-state index in [1.807, 2.05) is 74.5 Å². The van der Waals surface area contributed by atoms with Gasteiger partial charge < -0.3 is 25.8 Å². The van der Waals surface area contributed by atoms with Crippen LogP contribution in [-0.4, -0.2) is 69.6 Å². The van der Waals surface area contributed by atoms with Crippen molar-refractivity contribution in [2.24, 2.45) is 5.92 Å². The summed E-state index contributed by atoms with van der Waals surface area (Å²) in [6.07, 6.45) is 0.674. The molecule has 2 atom stereocenters. The van der Waals surface area contributed by atoms with Crippen molar-refractivity contribution >= 4 is 33.7 Å². The highest BCUT2D eigenvalue weighted by atomic mass is 32.2. The molecule has 4 N–H and O–H groups in total. The molecule has 0 saturated carbocycles. The third-order valence-electron chi connectivity index (χ3n) is 7.57. The molecule has 2 amide bonds. The Balaban J connectivity index is 1.76. The fourth-order valence-electron chi connectivity index (χ4n) is 5.31. The van der Waals surface area contributed by atoms with Gasteiger partial charge in [-0.2, -0.15) is 4.31 Å². The molecule has 12 heteroatoms. The fourth-order valence-corrected chi connectivity index (χ4v) is 7.12. The molecule has 0 aliphatic heterocycles. The lowest BCUT2D eigenvalue weighted by Gasteiger charge is -2.32. The number of amides is 2. The third kappa shape index (κ3) is 11.1. The van der Waals surface area contributed by atoms with Gasteiger partial charge in [-0.3, -0.25) is 9.59 Å². The van der Waals surface area contributed by atoms with Gasteiger partial charge >= 0.3 is 12.1 Å². The molecule has 11 nitrogen and oxygen atoms in total. The monoisotopic (exact) mass is 666 g/mol. The molecular weight excluding hydrogens is 620 g/mol. The molecule has 3 rings (SSSR count). The van der Waals surface area contributed by atoms with Gasteiger partial charge in [-0.05, 0) is 60.6 Å². The summed E-state index contributed by atoms with van der Waals surface area (Å²) < 4.78 is 39.1. The molecule has 0 fully saturated rings. The summed E-state index contributed by atoms with van der Waals surface area (Å²) in [5.41, 5.74) is 7.92. The van der Waals surface area contributed by atoms with Crippen molar-refractivity contribution in [2.75, 3.05) is 32.5 Å². The molecule has 0 aromatic heterocycles. The molecule has 0 aliphatic carbocycles. The summed E-state index contributed by atoms with van der Waals surface area (Å²) in [6.45, 7) is 5.50. The molecule has 0 spiro atoms. The van der Waals surface area contributed by atoms with Gasteiger partial charge in [-0.25, -0.2) is 13.2 Å². The van der Waals surface area contributed by atoms with Crippen LogP contribution in [-0.2, 0) is 29.1 Å². The Kier molecular flexibility index (Phi) is 14.2. The molecule has 47 heavy (non-hydrogen) atoms. The van der Waals surface area contributed by atoms with E-state index in [-0.39, 0.29) is 30.5 Å². The number of nitrogens with two attached hydrogens (primary N) is 1. The number of alkyl carbamates (subject to hydrolysis) is 1. The van der Waals surface area contributed by atoms with Crippen LogP contribution >= 0.6 is 0 Å². The molecule has 0 unspecified atom stereocenters. The first-order valence-electron chi connectivity index (χ1n) is 15.7.